The van der Waals surface area contributed by atoms with Gasteiger partial charge in [-0.1, -0.05) is 80.2 Å². The van der Waals surface area contributed by atoms with Crippen LogP contribution in [0.4, 0.5) is 0 Å². The van der Waals surface area contributed by atoms with Crippen molar-refractivity contribution in [2.45, 2.75) is 52.0 Å². The lowest BCUT2D eigenvalue weighted by atomic mass is 9.90. The van der Waals surface area contributed by atoms with Crippen LogP contribution in [0.15, 0.2) is 76.3 Å². The van der Waals surface area contributed by atoms with Gasteiger partial charge in [-0.3, -0.25) is 4.79 Å². The Morgan fingerprint density at radius 1 is 1.05 bits per heavy atom. The summed E-state index contributed by atoms with van der Waals surface area (Å²) >= 11 is 1.51. The van der Waals surface area contributed by atoms with E-state index in [-0.39, 0.29) is 24.9 Å². The average Bonchev–Trinajstić information content (AvgIpc) is 3.59. The fraction of sp³-hybridized carbons (Fsp3) is 0.367. The van der Waals surface area contributed by atoms with E-state index in [9.17, 15) is 9.59 Å². The third-order valence-electron chi connectivity index (χ3n) is 7.06. The molecule has 5 rings (SSSR count). The van der Waals surface area contributed by atoms with Crippen LogP contribution in [0, 0.1) is 0 Å². The molecule has 0 spiro atoms. The number of esters is 1. The minimum Gasteiger partial charge on any atom is -0.463 e. The largest absolute Gasteiger partial charge is 0.463 e. The summed E-state index contributed by atoms with van der Waals surface area (Å²) in [7, 11) is 0. The molecule has 3 heterocycles. The van der Waals surface area contributed by atoms with Gasteiger partial charge in [0.2, 0.25) is 5.91 Å². The number of likely N-dealkylation sites (tertiary alicyclic amines) is 1. The number of thioether (sulfide) groups is 1. The van der Waals surface area contributed by atoms with Crippen LogP contribution in [0.1, 0.15) is 68.7 Å². The van der Waals surface area contributed by atoms with E-state index in [2.05, 4.69) is 43.0 Å². The summed E-state index contributed by atoms with van der Waals surface area (Å²) in [6, 6.07) is 17.8. The van der Waals surface area contributed by atoms with Gasteiger partial charge in [0.05, 0.1) is 30.3 Å². The molecule has 0 bridgehead atoms. The van der Waals surface area contributed by atoms with Crippen LogP contribution in [-0.4, -0.2) is 46.5 Å². The van der Waals surface area contributed by atoms with Crippen LogP contribution in [0.25, 0.3) is 5.70 Å². The number of carbonyl (C=O) groups is 2. The van der Waals surface area contributed by atoms with Crippen molar-refractivity contribution in [1.29, 1.82) is 0 Å². The fourth-order valence-corrected chi connectivity index (χ4v) is 6.02. The zero-order valence-corrected chi connectivity index (χ0v) is 22.5. The van der Waals surface area contributed by atoms with Crippen molar-refractivity contribution in [3.05, 3.63) is 88.0 Å². The van der Waals surface area contributed by atoms with Gasteiger partial charge < -0.3 is 14.5 Å². The van der Waals surface area contributed by atoms with Gasteiger partial charge in [-0.25, -0.2) is 9.79 Å². The first-order valence-corrected chi connectivity index (χ1v) is 13.9. The zero-order chi connectivity index (χ0) is 25.9. The van der Waals surface area contributed by atoms with E-state index in [1.54, 1.807) is 0 Å². The molecule has 1 saturated heterocycles. The SMILES string of the molecule is CCOC(=O)C1=C(c2ccccc2)N=C2SC=C(CC(=O)N3CCCC3)N2[C@@H]1c1ccc(C(C)C)cc1. The summed E-state index contributed by atoms with van der Waals surface area (Å²) < 4.78 is 5.60. The van der Waals surface area contributed by atoms with Crippen molar-refractivity contribution in [2.24, 2.45) is 4.99 Å². The third-order valence-corrected chi connectivity index (χ3v) is 7.95. The number of rotatable bonds is 7. The van der Waals surface area contributed by atoms with Crippen LogP contribution >= 0.6 is 11.8 Å². The summed E-state index contributed by atoms with van der Waals surface area (Å²) in [6.45, 7) is 8.04. The predicted molar refractivity (Wildman–Crippen MR) is 149 cm³/mol. The quantitative estimate of drug-likeness (QED) is 0.417. The Kier molecular flexibility index (Phi) is 7.51. The van der Waals surface area contributed by atoms with Crippen LogP contribution < -0.4 is 0 Å². The molecule has 7 heteroatoms. The van der Waals surface area contributed by atoms with Crippen molar-refractivity contribution >= 4 is 34.5 Å². The number of amidine groups is 1. The summed E-state index contributed by atoms with van der Waals surface area (Å²) in [4.78, 5) is 35.7. The highest BCUT2D eigenvalue weighted by molar-refractivity contribution is 8.16. The monoisotopic (exact) mass is 515 g/mol. The highest BCUT2D eigenvalue weighted by Crippen LogP contribution is 2.47. The number of hydrogen-bond acceptors (Lipinski definition) is 6. The van der Waals surface area contributed by atoms with Gasteiger partial charge in [-0.2, -0.15) is 0 Å². The highest BCUT2D eigenvalue weighted by atomic mass is 32.2. The lowest BCUT2D eigenvalue weighted by Gasteiger charge is -2.37. The number of amides is 1. The van der Waals surface area contributed by atoms with E-state index in [4.69, 9.17) is 9.73 Å². The molecule has 0 radical (unpaired) electrons. The van der Waals surface area contributed by atoms with Gasteiger partial charge in [-0.05, 0) is 42.2 Å². The molecule has 0 aromatic heterocycles. The van der Waals surface area contributed by atoms with E-state index in [1.807, 2.05) is 47.6 Å². The van der Waals surface area contributed by atoms with Gasteiger partial charge >= 0.3 is 5.97 Å². The molecule has 2 aromatic rings. The maximum absolute atomic E-state index is 13.6. The lowest BCUT2D eigenvalue weighted by molar-refractivity contribution is -0.139. The number of benzene rings is 2. The normalized spacial score (nSPS) is 19.2. The lowest BCUT2D eigenvalue weighted by Crippen LogP contribution is -2.38. The number of fused-ring (bicyclic) bond motifs is 1. The maximum atomic E-state index is 13.6. The molecule has 1 atom stereocenters. The second-order valence-corrected chi connectivity index (χ2v) is 10.7. The molecule has 37 heavy (non-hydrogen) atoms. The summed E-state index contributed by atoms with van der Waals surface area (Å²) in [6.07, 6.45) is 2.39. The second-order valence-electron chi connectivity index (χ2n) is 9.83. The van der Waals surface area contributed by atoms with E-state index in [0.717, 1.165) is 47.9 Å². The van der Waals surface area contributed by atoms with E-state index in [1.165, 1.54) is 17.3 Å². The number of nitrogens with zero attached hydrogens (tertiary/aromatic N) is 3. The minimum absolute atomic E-state index is 0.120. The van der Waals surface area contributed by atoms with Crippen molar-refractivity contribution in [3.8, 4) is 0 Å². The Hall–Kier alpha value is -3.32. The smallest absolute Gasteiger partial charge is 0.338 e. The first-order chi connectivity index (χ1) is 18.0. The number of aliphatic imine (C=N–C) groups is 1. The summed E-state index contributed by atoms with van der Waals surface area (Å²) in [5.74, 6) is 0.132. The number of hydrogen-bond donors (Lipinski definition) is 0. The second kappa shape index (κ2) is 11.0. The topological polar surface area (TPSA) is 62.2 Å². The standard InChI is InChI=1S/C30H33N3O3S/c1-4-36-29(35)26-27(22-10-6-5-7-11-22)31-30-33(28(26)23-14-12-21(13-15-23)20(2)3)24(19-37-30)18-25(34)32-16-8-9-17-32/h5-7,10-15,19-20,28H,4,8-9,16-18H2,1-3H3/t28-/m1/s1. The van der Waals surface area contributed by atoms with Crippen molar-refractivity contribution in [3.63, 3.8) is 0 Å². The van der Waals surface area contributed by atoms with Crippen LogP contribution in [0.3, 0.4) is 0 Å². The molecule has 0 unspecified atom stereocenters. The Balaban J connectivity index is 1.62. The van der Waals surface area contributed by atoms with Crippen LogP contribution in [0.2, 0.25) is 0 Å². The van der Waals surface area contributed by atoms with Crippen molar-refractivity contribution in [2.75, 3.05) is 19.7 Å². The molecule has 192 valence electrons. The van der Waals surface area contributed by atoms with E-state index < -0.39 is 6.04 Å². The molecule has 1 fully saturated rings. The molecule has 1 amide bonds. The first-order valence-electron chi connectivity index (χ1n) is 13.1. The Morgan fingerprint density at radius 2 is 1.76 bits per heavy atom. The Bertz CT molecular complexity index is 1260. The Labute approximate surface area is 223 Å². The molecule has 0 aliphatic carbocycles. The number of ether oxygens (including phenoxy) is 1. The Morgan fingerprint density at radius 3 is 2.41 bits per heavy atom. The van der Waals surface area contributed by atoms with Gasteiger partial charge in [0.25, 0.3) is 0 Å². The molecular weight excluding hydrogens is 482 g/mol. The van der Waals surface area contributed by atoms with Gasteiger partial charge in [0.1, 0.15) is 0 Å². The average molecular weight is 516 g/mol. The van der Waals surface area contributed by atoms with Crippen molar-refractivity contribution < 1.29 is 14.3 Å². The molecule has 6 nitrogen and oxygen atoms in total. The summed E-state index contributed by atoms with van der Waals surface area (Å²) in [5, 5.41) is 2.79. The summed E-state index contributed by atoms with van der Waals surface area (Å²) in [5.41, 5.74) is 5.05. The van der Waals surface area contributed by atoms with Crippen LogP contribution in [0.5, 0.6) is 0 Å². The number of carbonyl (C=O) groups excluding carboxylic acids is 2. The zero-order valence-electron chi connectivity index (χ0n) is 21.6. The molecule has 3 aliphatic heterocycles. The third kappa shape index (κ3) is 5.10. The predicted octanol–water partition coefficient (Wildman–Crippen LogP) is 6.10. The van der Waals surface area contributed by atoms with Gasteiger partial charge in [0.15, 0.2) is 5.17 Å². The molecular formula is C30H33N3O3S. The highest BCUT2D eigenvalue weighted by Gasteiger charge is 2.42. The van der Waals surface area contributed by atoms with Crippen molar-refractivity contribution in [1.82, 2.24) is 9.80 Å². The molecule has 2 aromatic carbocycles. The van der Waals surface area contributed by atoms with Gasteiger partial charge in [-0.15, -0.1) is 0 Å². The minimum atomic E-state index is -0.449. The maximum Gasteiger partial charge on any atom is 0.338 e. The molecule has 0 saturated carbocycles. The first kappa shape index (κ1) is 25.3. The molecule has 3 aliphatic rings. The van der Waals surface area contributed by atoms with Gasteiger partial charge in [0, 0.05) is 24.4 Å². The molecule has 0 N–H and O–H groups in total. The van der Waals surface area contributed by atoms with E-state index in [0.29, 0.717) is 17.2 Å². The fourth-order valence-electron chi connectivity index (χ4n) is 5.10. The van der Waals surface area contributed by atoms with Crippen LogP contribution in [-0.2, 0) is 14.3 Å². The van der Waals surface area contributed by atoms with E-state index >= 15 is 0 Å².